The summed E-state index contributed by atoms with van der Waals surface area (Å²) in [5.74, 6) is -2.98. The quantitative estimate of drug-likeness (QED) is 0.732. The van der Waals surface area contributed by atoms with Crippen LogP contribution in [-0.4, -0.2) is 22.9 Å². The first-order valence-corrected chi connectivity index (χ1v) is 6.59. The van der Waals surface area contributed by atoms with Gasteiger partial charge in [0, 0.05) is 31.0 Å². The van der Waals surface area contributed by atoms with E-state index in [0.717, 1.165) is 5.56 Å². The van der Waals surface area contributed by atoms with Gasteiger partial charge in [-0.25, -0.2) is 13.2 Å². The molecular formula is C15H20F3N. The van der Waals surface area contributed by atoms with E-state index in [2.05, 4.69) is 4.90 Å². The van der Waals surface area contributed by atoms with Crippen molar-refractivity contribution in [1.82, 2.24) is 4.90 Å². The third-order valence-electron chi connectivity index (χ3n) is 3.70. The molecule has 0 N–H and O–H groups in total. The van der Waals surface area contributed by atoms with E-state index in [-0.39, 0.29) is 30.2 Å². The van der Waals surface area contributed by atoms with Crippen molar-refractivity contribution in [2.45, 2.75) is 51.1 Å². The van der Waals surface area contributed by atoms with Crippen LogP contribution < -0.4 is 0 Å². The predicted molar refractivity (Wildman–Crippen MR) is 69.8 cm³/mol. The van der Waals surface area contributed by atoms with Crippen molar-refractivity contribution >= 4 is 0 Å². The van der Waals surface area contributed by atoms with Gasteiger partial charge in [0.15, 0.2) is 0 Å². The zero-order valence-corrected chi connectivity index (χ0v) is 11.6. The zero-order chi connectivity index (χ0) is 14.3. The van der Waals surface area contributed by atoms with E-state index < -0.39 is 5.92 Å². The highest BCUT2D eigenvalue weighted by Crippen LogP contribution is 2.42. The van der Waals surface area contributed by atoms with Gasteiger partial charge in [0.25, 0.3) is 5.92 Å². The highest BCUT2D eigenvalue weighted by Gasteiger charge is 2.44. The summed E-state index contributed by atoms with van der Waals surface area (Å²) in [6.07, 6.45) is -0.308. The summed E-state index contributed by atoms with van der Waals surface area (Å²) in [7, 11) is 0. The number of benzene rings is 1. The number of rotatable bonds is 1. The first kappa shape index (κ1) is 14.4. The Morgan fingerprint density at radius 2 is 1.74 bits per heavy atom. The number of likely N-dealkylation sites (tertiary alicyclic amines) is 1. The second-order valence-corrected chi connectivity index (χ2v) is 6.24. The summed E-state index contributed by atoms with van der Waals surface area (Å²) in [6, 6.07) is 5.54. The molecule has 0 radical (unpaired) electrons. The summed E-state index contributed by atoms with van der Waals surface area (Å²) < 4.78 is 40.3. The van der Waals surface area contributed by atoms with Crippen LogP contribution in [0.5, 0.6) is 0 Å². The SMILES string of the molecule is CC(C)(C)N1CCC(F)(F)C[C@H]1c1ccc(F)cc1. The third kappa shape index (κ3) is 3.30. The monoisotopic (exact) mass is 271 g/mol. The molecular weight excluding hydrogens is 251 g/mol. The average molecular weight is 271 g/mol. The van der Waals surface area contributed by atoms with Crippen LogP contribution in [-0.2, 0) is 0 Å². The minimum Gasteiger partial charge on any atom is -0.291 e. The molecule has 19 heavy (non-hydrogen) atoms. The second-order valence-electron chi connectivity index (χ2n) is 6.24. The maximum absolute atomic E-state index is 13.7. The van der Waals surface area contributed by atoms with E-state index in [9.17, 15) is 13.2 Å². The Hall–Kier alpha value is -1.03. The Labute approximate surface area is 112 Å². The van der Waals surface area contributed by atoms with Crippen molar-refractivity contribution in [3.05, 3.63) is 35.6 Å². The van der Waals surface area contributed by atoms with Crippen LogP contribution in [0.2, 0.25) is 0 Å². The molecule has 0 aromatic heterocycles. The fourth-order valence-electron chi connectivity index (χ4n) is 2.72. The van der Waals surface area contributed by atoms with Gasteiger partial charge in [-0.1, -0.05) is 12.1 Å². The van der Waals surface area contributed by atoms with Gasteiger partial charge < -0.3 is 0 Å². The van der Waals surface area contributed by atoms with Gasteiger partial charge in [0.1, 0.15) is 5.82 Å². The van der Waals surface area contributed by atoms with E-state index in [1.54, 1.807) is 12.1 Å². The molecule has 1 aromatic rings. The van der Waals surface area contributed by atoms with E-state index >= 15 is 0 Å². The molecule has 1 aliphatic heterocycles. The molecule has 1 atom stereocenters. The van der Waals surface area contributed by atoms with Crippen molar-refractivity contribution < 1.29 is 13.2 Å². The van der Waals surface area contributed by atoms with Gasteiger partial charge in [-0.3, -0.25) is 4.90 Å². The Morgan fingerprint density at radius 3 is 2.26 bits per heavy atom. The van der Waals surface area contributed by atoms with Gasteiger partial charge in [-0.2, -0.15) is 0 Å². The summed E-state index contributed by atoms with van der Waals surface area (Å²) in [6.45, 7) is 6.42. The summed E-state index contributed by atoms with van der Waals surface area (Å²) >= 11 is 0. The number of piperidine rings is 1. The van der Waals surface area contributed by atoms with Crippen LogP contribution in [0.1, 0.15) is 45.2 Å². The van der Waals surface area contributed by atoms with Crippen molar-refractivity contribution in [2.75, 3.05) is 6.54 Å². The number of hydrogen-bond donors (Lipinski definition) is 0. The molecule has 0 bridgehead atoms. The lowest BCUT2D eigenvalue weighted by atomic mass is 9.88. The molecule has 0 unspecified atom stereocenters. The van der Waals surface area contributed by atoms with Crippen LogP contribution in [0, 0.1) is 5.82 Å². The van der Waals surface area contributed by atoms with E-state index in [1.165, 1.54) is 12.1 Å². The lowest BCUT2D eigenvalue weighted by Crippen LogP contribution is -2.50. The molecule has 0 aliphatic carbocycles. The first-order chi connectivity index (χ1) is 8.69. The lowest BCUT2D eigenvalue weighted by Gasteiger charge is -2.47. The topological polar surface area (TPSA) is 3.24 Å². The van der Waals surface area contributed by atoms with Crippen molar-refractivity contribution in [3.63, 3.8) is 0 Å². The van der Waals surface area contributed by atoms with Gasteiger partial charge in [0.2, 0.25) is 0 Å². The molecule has 0 saturated carbocycles. The van der Waals surface area contributed by atoms with Crippen LogP contribution >= 0.6 is 0 Å². The van der Waals surface area contributed by atoms with Crippen LogP contribution in [0.15, 0.2) is 24.3 Å². The minimum atomic E-state index is -2.64. The summed E-state index contributed by atoms with van der Waals surface area (Å²) in [4.78, 5) is 2.08. The summed E-state index contributed by atoms with van der Waals surface area (Å²) in [5.41, 5.74) is 0.575. The Bertz CT molecular complexity index is 434. The number of nitrogens with zero attached hydrogens (tertiary/aromatic N) is 1. The molecule has 1 aromatic carbocycles. The molecule has 0 spiro atoms. The molecule has 1 nitrogen and oxygen atoms in total. The molecule has 106 valence electrons. The van der Waals surface area contributed by atoms with Crippen molar-refractivity contribution in [3.8, 4) is 0 Å². The highest BCUT2D eigenvalue weighted by atomic mass is 19.3. The molecule has 1 fully saturated rings. The molecule has 4 heteroatoms. The van der Waals surface area contributed by atoms with Crippen LogP contribution in [0.3, 0.4) is 0 Å². The van der Waals surface area contributed by atoms with Crippen molar-refractivity contribution in [1.29, 1.82) is 0 Å². The predicted octanol–water partition coefficient (Wildman–Crippen LogP) is 4.40. The smallest absolute Gasteiger partial charge is 0.251 e. The number of alkyl halides is 2. The van der Waals surface area contributed by atoms with Gasteiger partial charge in [0.05, 0.1) is 0 Å². The zero-order valence-electron chi connectivity index (χ0n) is 11.6. The fraction of sp³-hybridized carbons (Fsp3) is 0.600. The fourth-order valence-corrected chi connectivity index (χ4v) is 2.72. The molecule has 1 heterocycles. The lowest BCUT2D eigenvalue weighted by molar-refractivity contribution is -0.0998. The number of hydrogen-bond acceptors (Lipinski definition) is 1. The molecule has 0 amide bonds. The van der Waals surface area contributed by atoms with Gasteiger partial charge in [-0.15, -0.1) is 0 Å². The van der Waals surface area contributed by atoms with Crippen LogP contribution in [0.25, 0.3) is 0 Å². The Morgan fingerprint density at radius 1 is 1.16 bits per heavy atom. The molecule has 1 saturated heterocycles. The second kappa shape index (κ2) is 4.82. The Kier molecular flexibility index (Phi) is 3.65. The Balaban J connectivity index is 2.32. The highest BCUT2D eigenvalue weighted by molar-refractivity contribution is 5.22. The van der Waals surface area contributed by atoms with E-state index in [4.69, 9.17) is 0 Å². The summed E-state index contributed by atoms with van der Waals surface area (Å²) in [5, 5.41) is 0. The van der Waals surface area contributed by atoms with E-state index in [0.29, 0.717) is 6.54 Å². The number of halogens is 3. The third-order valence-corrected chi connectivity index (χ3v) is 3.70. The minimum absolute atomic E-state index is 0.109. The first-order valence-electron chi connectivity index (χ1n) is 6.59. The van der Waals surface area contributed by atoms with E-state index in [1.807, 2.05) is 20.8 Å². The maximum atomic E-state index is 13.7. The average Bonchev–Trinajstić information content (AvgIpc) is 2.27. The van der Waals surface area contributed by atoms with Gasteiger partial charge >= 0.3 is 0 Å². The standard InChI is InChI=1S/C15H20F3N/c1-14(2,3)19-9-8-15(17,18)10-13(19)11-4-6-12(16)7-5-11/h4-7,13H,8-10H2,1-3H3/t13-/m0/s1. The largest absolute Gasteiger partial charge is 0.291 e. The van der Waals surface area contributed by atoms with Gasteiger partial charge in [-0.05, 0) is 38.5 Å². The van der Waals surface area contributed by atoms with Crippen molar-refractivity contribution in [2.24, 2.45) is 0 Å². The normalized spacial score (nSPS) is 24.4. The van der Waals surface area contributed by atoms with Crippen LogP contribution in [0.4, 0.5) is 13.2 Å². The molecule has 2 rings (SSSR count). The maximum Gasteiger partial charge on any atom is 0.251 e. The molecule has 1 aliphatic rings.